The minimum Gasteiger partial charge on any atom is -0.318 e. The van der Waals surface area contributed by atoms with Gasteiger partial charge >= 0.3 is 0 Å². The summed E-state index contributed by atoms with van der Waals surface area (Å²) in [5.41, 5.74) is -0.478. The second-order valence-corrected chi connectivity index (χ2v) is 5.47. The van der Waals surface area contributed by atoms with Crippen LogP contribution in [-0.2, 0) is 17.1 Å². The molecule has 0 aliphatic rings. The van der Waals surface area contributed by atoms with Gasteiger partial charge in [-0.3, -0.25) is 14.3 Å². The summed E-state index contributed by atoms with van der Waals surface area (Å²) in [6, 6.07) is 4.01. The molecule has 1 amide bonds. The van der Waals surface area contributed by atoms with Gasteiger partial charge in [-0.25, -0.2) is 13.6 Å². The SMILES string of the molecule is Cn1cc(S(N)(=O)=O)c(NC(=O)c2cccc(=O)[nH]2)n1. The van der Waals surface area contributed by atoms with E-state index < -0.39 is 21.5 Å². The summed E-state index contributed by atoms with van der Waals surface area (Å²) in [5, 5.41) is 11.1. The van der Waals surface area contributed by atoms with Crippen molar-refractivity contribution < 1.29 is 13.2 Å². The molecule has 0 saturated carbocycles. The molecule has 20 heavy (non-hydrogen) atoms. The normalized spacial score (nSPS) is 11.3. The summed E-state index contributed by atoms with van der Waals surface area (Å²) in [5.74, 6) is -0.906. The predicted octanol–water partition coefficient (Wildman–Crippen LogP) is -0.992. The van der Waals surface area contributed by atoms with E-state index in [0.717, 1.165) is 0 Å². The van der Waals surface area contributed by atoms with Gasteiger partial charge in [-0.15, -0.1) is 0 Å². The molecule has 0 aliphatic carbocycles. The maximum Gasteiger partial charge on any atom is 0.273 e. The average Bonchev–Trinajstić information content (AvgIpc) is 2.70. The number of aryl methyl sites for hydroxylation is 1. The number of nitrogens with zero attached hydrogens (tertiary/aromatic N) is 2. The van der Waals surface area contributed by atoms with Crippen LogP contribution in [-0.4, -0.2) is 29.1 Å². The molecule has 0 aromatic carbocycles. The summed E-state index contributed by atoms with van der Waals surface area (Å²) in [6.07, 6.45) is 1.17. The maximum atomic E-state index is 11.9. The number of nitrogens with two attached hydrogens (primary N) is 1. The predicted molar refractivity (Wildman–Crippen MR) is 69.6 cm³/mol. The van der Waals surface area contributed by atoms with Gasteiger partial charge in [0.2, 0.25) is 15.6 Å². The van der Waals surface area contributed by atoms with Crippen LogP contribution in [0.15, 0.2) is 34.1 Å². The summed E-state index contributed by atoms with van der Waals surface area (Å²) >= 11 is 0. The number of hydrogen-bond donors (Lipinski definition) is 3. The molecule has 10 heteroatoms. The molecular formula is C10H11N5O4S. The molecule has 0 spiro atoms. The number of carbonyl (C=O) groups excluding carboxylic acids is 1. The summed E-state index contributed by atoms with van der Waals surface area (Å²) in [4.78, 5) is 25.0. The minimum atomic E-state index is -4.02. The van der Waals surface area contributed by atoms with Crippen molar-refractivity contribution in [3.8, 4) is 0 Å². The molecule has 0 saturated heterocycles. The van der Waals surface area contributed by atoms with Gasteiger partial charge in [-0.1, -0.05) is 6.07 Å². The number of sulfonamides is 1. The number of nitrogens with one attached hydrogen (secondary N) is 2. The number of anilines is 1. The average molecular weight is 297 g/mol. The van der Waals surface area contributed by atoms with Crippen molar-refractivity contribution in [3.05, 3.63) is 40.4 Å². The van der Waals surface area contributed by atoms with E-state index in [2.05, 4.69) is 15.4 Å². The van der Waals surface area contributed by atoms with Gasteiger partial charge < -0.3 is 10.3 Å². The number of pyridine rings is 1. The fourth-order valence-corrected chi connectivity index (χ4v) is 2.18. The molecule has 2 heterocycles. The third-order valence-corrected chi connectivity index (χ3v) is 3.26. The van der Waals surface area contributed by atoms with Gasteiger partial charge in [-0.2, -0.15) is 5.10 Å². The fraction of sp³-hybridized carbons (Fsp3) is 0.100. The highest BCUT2D eigenvalue weighted by atomic mass is 32.2. The van der Waals surface area contributed by atoms with E-state index in [1.807, 2.05) is 0 Å². The molecule has 0 bridgehead atoms. The molecule has 2 aromatic heterocycles. The lowest BCUT2D eigenvalue weighted by Gasteiger charge is -2.03. The van der Waals surface area contributed by atoms with Gasteiger partial charge in [-0.05, 0) is 6.07 Å². The van der Waals surface area contributed by atoms with Gasteiger partial charge in [0.1, 0.15) is 10.6 Å². The lowest BCUT2D eigenvalue weighted by molar-refractivity contribution is 0.102. The second-order valence-electron chi connectivity index (χ2n) is 3.94. The Morgan fingerprint density at radius 1 is 1.45 bits per heavy atom. The van der Waals surface area contributed by atoms with E-state index in [1.165, 1.54) is 36.1 Å². The Morgan fingerprint density at radius 2 is 2.15 bits per heavy atom. The molecule has 0 radical (unpaired) electrons. The molecular weight excluding hydrogens is 286 g/mol. The van der Waals surface area contributed by atoms with Crippen LogP contribution in [0.25, 0.3) is 0 Å². The molecule has 106 valence electrons. The second kappa shape index (κ2) is 4.90. The van der Waals surface area contributed by atoms with Crippen LogP contribution in [0.4, 0.5) is 5.82 Å². The Bertz CT molecular complexity index is 820. The number of hydrogen-bond acceptors (Lipinski definition) is 5. The van der Waals surface area contributed by atoms with E-state index in [-0.39, 0.29) is 16.4 Å². The smallest absolute Gasteiger partial charge is 0.273 e. The van der Waals surface area contributed by atoms with Gasteiger partial charge in [0.15, 0.2) is 5.82 Å². The monoisotopic (exact) mass is 297 g/mol. The Kier molecular flexibility index (Phi) is 3.42. The van der Waals surface area contributed by atoms with Crippen molar-refractivity contribution >= 4 is 21.7 Å². The van der Waals surface area contributed by atoms with Crippen LogP contribution >= 0.6 is 0 Å². The number of aromatic amines is 1. The standard InChI is InChI=1S/C10H11N5O4S/c1-15-5-7(20(11,18)19)9(14-15)13-10(17)6-3-2-4-8(16)12-6/h2-5H,1H3,(H,12,16)(H2,11,18,19)(H,13,14,17). The zero-order valence-corrected chi connectivity index (χ0v) is 11.1. The minimum absolute atomic E-state index is 0.0245. The first-order valence-corrected chi connectivity index (χ1v) is 6.89. The third-order valence-electron chi connectivity index (χ3n) is 2.35. The third kappa shape index (κ3) is 2.92. The Hall–Kier alpha value is -2.46. The first-order chi connectivity index (χ1) is 9.27. The number of rotatable bonds is 3. The van der Waals surface area contributed by atoms with Crippen LogP contribution in [0, 0.1) is 0 Å². The topological polar surface area (TPSA) is 140 Å². The van der Waals surface area contributed by atoms with Crippen molar-refractivity contribution in [2.24, 2.45) is 12.2 Å². The highest BCUT2D eigenvalue weighted by molar-refractivity contribution is 7.89. The molecule has 2 aromatic rings. The van der Waals surface area contributed by atoms with Gasteiger partial charge in [0.05, 0.1) is 0 Å². The van der Waals surface area contributed by atoms with Crippen molar-refractivity contribution in [1.82, 2.24) is 14.8 Å². The molecule has 2 rings (SSSR count). The van der Waals surface area contributed by atoms with Crippen LogP contribution in [0.5, 0.6) is 0 Å². The zero-order chi connectivity index (χ0) is 14.9. The van der Waals surface area contributed by atoms with Gasteiger partial charge in [0.25, 0.3) is 5.91 Å². The molecule has 9 nitrogen and oxygen atoms in total. The van der Waals surface area contributed by atoms with Crippen molar-refractivity contribution in [2.75, 3.05) is 5.32 Å². The van der Waals surface area contributed by atoms with E-state index in [4.69, 9.17) is 5.14 Å². The Balaban J connectivity index is 2.36. The van der Waals surface area contributed by atoms with Crippen molar-refractivity contribution in [3.63, 3.8) is 0 Å². The van der Waals surface area contributed by atoms with Crippen molar-refractivity contribution in [2.45, 2.75) is 4.90 Å². The first-order valence-electron chi connectivity index (χ1n) is 5.34. The largest absolute Gasteiger partial charge is 0.318 e. The zero-order valence-electron chi connectivity index (χ0n) is 10.3. The van der Waals surface area contributed by atoms with E-state index >= 15 is 0 Å². The quantitative estimate of drug-likeness (QED) is 0.667. The molecule has 0 fully saturated rings. The first kappa shape index (κ1) is 14.0. The number of carbonyl (C=O) groups is 1. The summed E-state index contributed by atoms with van der Waals surface area (Å²) in [7, 11) is -2.54. The van der Waals surface area contributed by atoms with Crippen LogP contribution in [0.1, 0.15) is 10.5 Å². The Morgan fingerprint density at radius 3 is 2.75 bits per heavy atom. The number of H-pyrrole nitrogens is 1. The lowest BCUT2D eigenvalue weighted by Crippen LogP contribution is -2.20. The van der Waals surface area contributed by atoms with Crippen LogP contribution in [0.2, 0.25) is 0 Å². The molecule has 0 unspecified atom stereocenters. The highest BCUT2D eigenvalue weighted by Gasteiger charge is 2.20. The molecule has 0 atom stereocenters. The number of aromatic nitrogens is 3. The van der Waals surface area contributed by atoms with Crippen molar-refractivity contribution in [1.29, 1.82) is 0 Å². The number of amides is 1. The fourth-order valence-electron chi connectivity index (χ4n) is 1.52. The van der Waals surface area contributed by atoms with E-state index in [0.29, 0.717) is 0 Å². The lowest BCUT2D eigenvalue weighted by atomic mass is 10.3. The summed E-state index contributed by atoms with van der Waals surface area (Å²) in [6.45, 7) is 0. The van der Waals surface area contributed by atoms with E-state index in [9.17, 15) is 18.0 Å². The number of primary sulfonamides is 1. The highest BCUT2D eigenvalue weighted by Crippen LogP contribution is 2.17. The van der Waals surface area contributed by atoms with E-state index in [1.54, 1.807) is 0 Å². The van der Waals surface area contributed by atoms with Crippen LogP contribution in [0.3, 0.4) is 0 Å². The maximum absolute atomic E-state index is 11.9. The molecule has 4 N–H and O–H groups in total. The van der Waals surface area contributed by atoms with Gasteiger partial charge in [0, 0.05) is 19.3 Å². The summed E-state index contributed by atoms with van der Waals surface area (Å²) < 4.78 is 23.9. The Labute approximate surface area is 113 Å². The molecule has 0 aliphatic heterocycles. The van der Waals surface area contributed by atoms with Crippen LogP contribution < -0.4 is 16.0 Å².